The van der Waals surface area contributed by atoms with E-state index in [0.717, 1.165) is 45.0 Å². The van der Waals surface area contributed by atoms with Crippen LogP contribution in [0.2, 0.25) is 0 Å². The second-order valence-electron chi connectivity index (χ2n) is 7.17. The average molecular weight is 380 g/mol. The Morgan fingerprint density at radius 2 is 1.85 bits per heavy atom. The molecule has 0 aliphatic carbocycles. The number of amides is 3. The number of halogens is 2. The van der Waals surface area contributed by atoms with Gasteiger partial charge in [0.15, 0.2) is 11.6 Å². The first-order valence-corrected chi connectivity index (χ1v) is 9.52. The van der Waals surface area contributed by atoms with Crippen LogP contribution >= 0.6 is 0 Å². The first-order valence-electron chi connectivity index (χ1n) is 9.52. The molecule has 2 N–H and O–H groups in total. The number of hydrogen-bond acceptors (Lipinski definition) is 3. The number of likely N-dealkylation sites (tertiary alicyclic amines) is 1. The van der Waals surface area contributed by atoms with Crippen LogP contribution in [0.4, 0.5) is 19.3 Å². The Morgan fingerprint density at radius 1 is 1.07 bits per heavy atom. The van der Waals surface area contributed by atoms with Crippen molar-refractivity contribution in [3.05, 3.63) is 29.8 Å². The number of rotatable bonds is 6. The summed E-state index contributed by atoms with van der Waals surface area (Å²) in [6, 6.07) is 3.62. The predicted octanol–water partition coefficient (Wildman–Crippen LogP) is 2.10. The molecule has 2 saturated heterocycles. The van der Waals surface area contributed by atoms with E-state index in [2.05, 4.69) is 10.6 Å². The summed E-state index contributed by atoms with van der Waals surface area (Å²) in [5.41, 5.74) is 0.654. The van der Waals surface area contributed by atoms with Gasteiger partial charge in [0.05, 0.1) is 0 Å². The van der Waals surface area contributed by atoms with Crippen LogP contribution in [0, 0.1) is 17.6 Å². The van der Waals surface area contributed by atoms with Gasteiger partial charge in [-0.1, -0.05) is 0 Å². The molecule has 2 aliphatic heterocycles. The van der Waals surface area contributed by atoms with Crippen molar-refractivity contribution in [2.24, 2.45) is 5.92 Å². The van der Waals surface area contributed by atoms with Crippen molar-refractivity contribution < 1.29 is 18.4 Å². The van der Waals surface area contributed by atoms with Crippen molar-refractivity contribution >= 4 is 17.6 Å². The molecule has 2 aliphatic rings. The van der Waals surface area contributed by atoms with Crippen molar-refractivity contribution in [3.8, 4) is 0 Å². The predicted molar refractivity (Wildman–Crippen MR) is 98.5 cm³/mol. The Labute approximate surface area is 157 Å². The van der Waals surface area contributed by atoms with E-state index in [-0.39, 0.29) is 17.9 Å². The van der Waals surface area contributed by atoms with E-state index in [0.29, 0.717) is 31.7 Å². The maximum absolute atomic E-state index is 13.4. The average Bonchev–Trinajstić information content (AvgIpc) is 3.34. The van der Waals surface area contributed by atoms with Gasteiger partial charge in [0.2, 0.25) is 5.91 Å². The number of urea groups is 1. The molecule has 6 nitrogen and oxygen atoms in total. The number of anilines is 1. The minimum atomic E-state index is -0.851. The molecule has 0 aromatic heterocycles. The van der Waals surface area contributed by atoms with Gasteiger partial charge >= 0.3 is 6.03 Å². The number of carbonyl (C=O) groups is 2. The van der Waals surface area contributed by atoms with E-state index in [1.54, 1.807) is 6.07 Å². The van der Waals surface area contributed by atoms with Crippen molar-refractivity contribution in [1.29, 1.82) is 0 Å². The van der Waals surface area contributed by atoms with Gasteiger partial charge in [-0.15, -0.1) is 0 Å². The monoisotopic (exact) mass is 380 g/mol. The van der Waals surface area contributed by atoms with Crippen LogP contribution in [-0.4, -0.2) is 56.1 Å². The summed E-state index contributed by atoms with van der Waals surface area (Å²) in [4.78, 5) is 27.6. The van der Waals surface area contributed by atoms with Gasteiger partial charge in [0, 0.05) is 57.4 Å². The Kier molecular flexibility index (Phi) is 6.47. The Morgan fingerprint density at radius 3 is 2.59 bits per heavy atom. The quantitative estimate of drug-likeness (QED) is 0.795. The highest BCUT2D eigenvalue weighted by Crippen LogP contribution is 2.24. The molecule has 0 bridgehead atoms. The molecule has 0 spiro atoms. The van der Waals surface area contributed by atoms with Crippen LogP contribution in [0.1, 0.15) is 25.7 Å². The number of carbonyl (C=O) groups excluding carboxylic acids is 2. The lowest BCUT2D eigenvalue weighted by Gasteiger charge is -2.19. The van der Waals surface area contributed by atoms with Gasteiger partial charge in [0.1, 0.15) is 0 Å². The van der Waals surface area contributed by atoms with Crippen molar-refractivity contribution in [2.75, 3.05) is 44.2 Å². The van der Waals surface area contributed by atoms with Gasteiger partial charge in [-0.3, -0.25) is 4.79 Å². The lowest BCUT2D eigenvalue weighted by molar-refractivity contribution is -0.129. The SMILES string of the molecule is O=C(NCCC(=O)N1CCCC1)NCC1CCN(c2ccc(F)c(F)c2)C1. The highest BCUT2D eigenvalue weighted by molar-refractivity contribution is 5.78. The highest BCUT2D eigenvalue weighted by Gasteiger charge is 2.24. The summed E-state index contributed by atoms with van der Waals surface area (Å²) in [6.07, 6.45) is 3.30. The summed E-state index contributed by atoms with van der Waals surface area (Å²) in [6.45, 7) is 3.89. The van der Waals surface area contributed by atoms with E-state index in [9.17, 15) is 18.4 Å². The second kappa shape index (κ2) is 9.01. The Hall–Kier alpha value is -2.38. The van der Waals surface area contributed by atoms with Crippen LogP contribution in [0.25, 0.3) is 0 Å². The summed E-state index contributed by atoms with van der Waals surface area (Å²) in [5, 5.41) is 5.54. The van der Waals surface area contributed by atoms with Crippen LogP contribution in [0.3, 0.4) is 0 Å². The Balaban J connectivity index is 1.33. The van der Waals surface area contributed by atoms with E-state index in [1.165, 1.54) is 6.07 Å². The lowest BCUT2D eigenvalue weighted by atomic mass is 10.1. The normalized spacial score (nSPS) is 19.4. The molecule has 1 aromatic carbocycles. The van der Waals surface area contributed by atoms with Gasteiger partial charge in [-0.05, 0) is 37.3 Å². The molecule has 1 aromatic rings. The number of nitrogens with zero attached hydrogens (tertiary/aromatic N) is 2. The molecule has 0 saturated carbocycles. The largest absolute Gasteiger partial charge is 0.371 e. The Bertz CT molecular complexity index is 680. The third-order valence-electron chi connectivity index (χ3n) is 5.19. The van der Waals surface area contributed by atoms with Gasteiger partial charge in [-0.2, -0.15) is 0 Å². The fraction of sp³-hybridized carbons (Fsp3) is 0.579. The first-order chi connectivity index (χ1) is 13.0. The van der Waals surface area contributed by atoms with Crippen molar-refractivity contribution in [2.45, 2.75) is 25.7 Å². The minimum absolute atomic E-state index is 0.0887. The number of nitrogens with one attached hydrogen (secondary N) is 2. The highest BCUT2D eigenvalue weighted by atomic mass is 19.2. The molecule has 8 heteroatoms. The van der Waals surface area contributed by atoms with Gasteiger partial charge in [-0.25, -0.2) is 13.6 Å². The third kappa shape index (κ3) is 5.30. The molecule has 148 valence electrons. The van der Waals surface area contributed by atoms with E-state index in [1.807, 2.05) is 9.80 Å². The summed E-state index contributed by atoms with van der Waals surface area (Å²) >= 11 is 0. The molecule has 3 rings (SSSR count). The lowest BCUT2D eigenvalue weighted by Crippen LogP contribution is -2.40. The number of benzene rings is 1. The zero-order valence-electron chi connectivity index (χ0n) is 15.3. The van der Waals surface area contributed by atoms with Crippen LogP contribution in [0.15, 0.2) is 18.2 Å². The fourth-order valence-corrected chi connectivity index (χ4v) is 3.62. The third-order valence-corrected chi connectivity index (χ3v) is 5.19. The van der Waals surface area contributed by atoms with E-state index < -0.39 is 11.6 Å². The fourth-order valence-electron chi connectivity index (χ4n) is 3.62. The van der Waals surface area contributed by atoms with Crippen LogP contribution in [-0.2, 0) is 4.79 Å². The molecule has 27 heavy (non-hydrogen) atoms. The molecular formula is C19H26F2N4O2. The molecule has 0 radical (unpaired) electrons. The molecule has 2 heterocycles. The van der Waals surface area contributed by atoms with Crippen molar-refractivity contribution in [1.82, 2.24) is 15.5 Å². The molecule has 1 atom stereocenters. The maximum Gasteiger partial charge on any atom is 0.314 e. The van der Waals surface area contributed by atoms with Crippen LogP contribution in [0.5, 0.6) is 0 Å². The van der Waals surface area contributed by atoms with Gasteiger partial charge < -0.3 is 20.4 Å². The van der Waals surface area contributed by atoms with E-state index in [4.69, 9.17) is 0 Å². The maximum atomic E-state index is 13.4. The summed E-state index contributed by atoms with van der Waals surface area (Å²) in [5.74, 6) is -1.37. The first kappa shape index (κ1) is 19.4. The zero-order chi connectivity index (χ0) is 19.2. The molecule has 1 unspecified atom stereocenters. The molecule has 3 amide bonds. The zero-order valence-corrected chi connectivity index (χ0v) is 15.3. The molecule has 2 fully saturated rings. The number of hydrogen-bond donors (Lipinski definition) is 2. The standard InChI is InChI=1S/C19H26F2N4O2/c20-16-4-3-15(11-17(16)21)25-10-6-14(13-25)12-23-19(27)22-7-5-18(26)24-8-1-2-9-24/h3-4,11,14H,1-2,5-10,12-13H2,(H2,22,23,27). The summed E-state index contributed by atoms with van der Waals surface area (Å²) in [7, 11) is 0. The van der Waals surface area contributed by atoms with Crippen LogP contribution < -0.4 is 15.5 Å². The van der Waals surface area contributed by atoms with Gasteiger partial charge in [0.25, 0.3) is 0 Å². The smallest absolute Gasteiger partial charge is 0.314 e. The van der Waals surface area contributed by atoms with E-state index >= 15 is 0 Å². The molecular weight excluding hydrogens is 354 g/mol. The topological polar surface area (TPSA) is 64.7 Å². The minimum Gasteiger partial charge on any atom is -0.371 e. The second-order valence-corrected chi connectivity index (χ2v) is 7.17. The van der Waals surface area contributed by atoms with Crippen molar-refractivity contribution in [3.63, 3.8) is 0 Å². The summed E-state index contributed by atoms with van der Waals surface area (Å²) < 4.78 is 26.4.